The van der Waals surface area contributed by atoms with Crippen LogP contribution in [-0.2, 0) is 0 Å². The van der Waals surface area contributed by atoms with Gasteiger partial charge in [0.1, 0.15) is 0 Å². The zero-order chi connectivity index (χ0) is 7.98. The highest BCUT2D eigenvalue weighted by Gasteiger charge is 1.96. The maximum absolute atomic E-state index is 3.59. The number of rotatable bonds is 4. The van der Waals surface area contributed by atoms with Crippen LogP contribution in [-0.4, -0.2) is 6.72 Å². The molecule has 0 radical (unpaired) electrons. The van der Waals surface area contributed by atoms with Crippen LogP contribution in [0.25, 0.3) is 0 Å². The topological polar surface area (TPSA) is 24.4 Å². The van der Waals surface area contributed by atoms with Crippen LogP contribution in [0.4, 0.5) is 0 Å². The van der Waals surface area contributed by atoms with Crippen LogP contribution in [0.2, 0.25) is 0 Å². The van der Waals surface area contributed by atoms with Crippen molar-refractivity contribution in [2.24, 2.45) is 11.0 Å². The molecule has 58 valence electrons. The summed E-state index contributed by atoms with van der Waals surface area (Å²) in [4.78, 5) is 0. The van der Waals surface area contributed by atoms with E-state index in [1.165, 1.54) is 0 Å². The summed E-state index contributed by atoms with van der Waals surface area (Å²) in [6.45, 7) is 9.70. The molecule has 0 amide bonds. The zero-order valence-corrected chi connectivity index (χ0v) is 7.02. The van der Waals surface area contributed by atoms with Gasteiger partial charge >= 0.3 is 0 Å². The SMILES string of the molecule is C=NN/C(=C\C)CC(C)C. The van der Waals surface area contributed by atoms with Crippen molar-refractivity contribution in [3.05, 3.63) is 11.8 Å². The molecule has 0 aromatic rings. The summed E-state index contributed by atoms with van der Waals surface area (Å²) in [6.07, 6.45) is 3.06. The highest BCUT2D eigenvalue weighted by Crippen LogP contribution is 2.06. The summed E-state index contributed by atoms with van der Waals surface area (Å²) in [5, 5.41) is 3.59. The van der Waals surface area contributed by atoms with Gasteiger partial charge in [-0.1, -0.05) is 19.9 Å². The molecule has 2 nitrogen and oxygen atoms in total. The van der Waals surface area contributed by atoms with Gasteiger partial charge in [0.15, 0.2) is 0 Å². The summed E-state index contributed by atoms with van der Waals surface area (Å²) in [5.41, 5.74) is 3.98. The fourth-order valence-corrected chi connectivity index (χ4v) is 0.769. The van der Waals surface area contributed by atoms with Crippen LogP contribution in [0.1, 0.15) is 27.2 Å². The number of hydrogen-bond donors (Lipinski definition) is 1. The Morgan fingerprint density at radius 1 is 1.70 bits per heavy atom. The fraction of sp³-hybridized carbons (Fsp3) is 0.625. The Bertz CT molecular complexity index is 125. The van der Waals surface area contributed by atoms with E-state index in [9.17, 15) is 0 Å². The van der Waals surface area contributed by atoms with E-state index in [0.29, 0.717) is 5.92 Å². The molecule has 0 aliphatic heterocycles. The van der Waals surface area contributed by atoms with Gasteiger partial charge in [0.05, 0.1) is 0 Å². The first kappa shape index (κ1) is 9.21. The van der Waals surface area contributed by atoms with Crippen molar-refractivity contribution < 1.29 is 0 Å². The fourth-order valence-electron chi connectivity index (χ4n) is 0.769. The molecule has 0 spiro atoms. The van der Waals surface area contributed by atoms with Crippen molar-refractivity contribution in [1.29, 1.82) is 0 Å². The summed E-state index contributed by atoms with van der Waals surface area (Å²) >= 11 is 0. The van der Waals surface area contributed by atoms with Crippen LogP contribution in [0.15, 0.2) is 16.9 Å². The molecule has 0 saturated carbocycles. The quantitative estimate of drug-likeness (QED) is 0.469. The lowest BCUT2D eigenvalue weighted by atomic mass is 10.1. The van der Waals surface area contributed by atoms with Crippen LogP contribution in [0, 0.1) is 5.92 Å². The molecule has 0 heterocycles. The molecule has 2 heteroatoms. The van der Waals surface area contributed by atoms with E-state index in [2.05, 4.69) is 31.1 Å². The van der Waals surface area contributed by atoms with Crippen molar-refractivity contribution in [2.45, 2.75) is 27.2 Å². The van der Waals surface area contributed by atoms with Gasteiger partial charge in [-0.05, 0) is 19.3 Å². The Kier molecular flexibility index (Phi) is 4.63. The molecule has 0 aromatic heterocycles. The molecular formula is C8H16N2. The molecule has 0 aliphatic carbocycles. The lowest BCUT2D eigenvalue weighted by molar-refractivity contribution is 0.609. The minimum atomic E-state index is 0.667. The van der Waals surface area contributed by atoms with Crippen LogP contribution < -0.4 is 5.43 Å². The van der Waals surface area contributed by atoms with E-state index in [-0.39, 0.29) is 0 Å². The molecule has 0 fully saturated rings. The minimum Gasteiger partial charge on any atom is -0.284 e. The van der Waals surface area contributed by atoms with E-state index in [1.807, 2.05) is 13.0 Å². The second-order valence-corrected chi connectivity index (χ2v) is 2.68. The average molecular weight is 140 g/mol. The largest absolute Gasteiger partial charge is 0.284 e. The molecule has 0 unspecified atom stereocenters. The predicted octanol–water partition coefficient (Wildman–Crippen LogP) is 2.14. The molecule has 0 aliphatic rings. The van der Waals surface area contributed by atoms with Gasteiger partial charge in [-0.2, -0.15) is 5.10 Å². The van der Waals surface area contributed by atoms with E-state index in [0.717, 1.165) is 12.1 Å². The Morgan fingerprint density at radius 3 is 2.60 bits per heavy atom. The van der Waals surface area contributed by atoms with Crippen LogP contribution in [0.3, 0.4) is 0 Å². The average Bonchev–Trinajstić information content (AvgIpc) is 1.86. The molecule has 0 saturated heterocycles. The first-order valence-corrected chi connectivity index (χ1v) is 3.57. The standard InChI is InChI=1S/C8H16N2/c1-5-8(10-9-4)6-7(2)3/h5,7,10H,4,6H2,1-3H3/b8-5-. The molecule has 10 heavy (non-hydrogen) atoms. The third-order valence-electron chi connectivity index (χ3n) is 1.20. The smallest absolute Gasteiger partial charge is 0.0295 e. The Morgan fingerprint density at radius 2 is 2.30 bits per heavy atom. The molecule has 0 bridgehead atoms. The maximum Gasteiger partial charge on any atom is 0.0295 e. The van der Waals surface area contributed by atoms with Crippen molar-refractivity contribution >= 4 is 6.72 Å². The second-order valence-electron chi connectivity index (χ2n) is 2.68. The normalized spacial score (nSPS) is 11.8. The highest BCUT2D eigenvalue weighted by atomic mass is 15.3. The number of nitrogens with one attached hydrogen (secondary N) is 1. The van der Waals surface area contributed by atoms with Crippen molar-refractivity contribution in [2.75, 3.05) is 0 Å². The second kappa shape index (κ2) is 5.03. The Balaban J connectivity index is 3.73. The van der Waals surface area contributed by atoms with Gasteiger partial charge in [0.25, 0.3) is 0 Å². The maximum atomic E-state index is 3.59. The van der Waals surface area contributed by atoms with E-state index >= 15 is 0 Å². The van der Waals surface area contributed by atoms with Crippen LogP contribution >= 0.6 is 0 Å². The summed E-state index contributed by atoms with van der Waals surface area (Å²) in [7, 11) is 0. The predicted molar refractivity (Wildman–Crippen MR) is 45.9 cm³/mol. The molecule has 0 rings (SSSR count). The third kappa shape index (κ3) is 4.13. The number of hydrogen-bond acceptors (Lipinski definition) is 2. The zero-order valence-electron chi connectivity index (χ0n) is 7.02. The number of hydrazone groups is 1. The van der Waals surface area contributed by atoms with E-state index in [1.54, 1.807) is 0 Å². The summed E-state index contributed by atoms with van der Waals surface area (Å²) < 4.78 is 0. The van der Waals surface area contributed by atoms with Crippen molar-refractivity contribution in [1.82, 2.24) is 5.43 Å². The molecule has 1 N–H and O–H groups in total. The molecule has 0 atom stereocenters. The highest BCUT2D eigenvalue weighted by molar-refractivity contribution is 5.23. The number of allylic oxidation sites excluding steroid dienone is 2. The van der Waals surface area contributed by atoms with Gasteiger partial charge in [-0.3, -0.25) is 5.43 Å². The van der Waals surface area contributed by atoms with Gasteiger partial charge in [-0.15, -0.1) is 0 Å². The van der Waals surface area contributed by atoms with E-state index in [4.69, 9.17) is 0 Å². The van der Waals surface area contributed by atoms with Crippen molar-refractivity contribution in [3.8, 4) is 0 Å². The molecule has 0 aromatic carbocycles. The first-order chi connectivity index (χ1) is 4.70. The summed E-state index contributed by atoms with van der Waals surface area (Å²) in [5.74, 6) is 0.667. The Labute approximate surface area is 63.0 Å². The Hall–Kier alpha value is -0.790. The van der Waals surface area contributed by atoms with Gasteiger partial charge in [0, 0.05) is 12.4 Å². The van der Waals surface area contributed by atoms with Crippen molar-refractivity contribution in [3.63, 3.8) is 0 Å². The lowest BCUT2D eigenvalue weighted by Crippen LogP contribution is -2.06. The van der Waals surface area contributed by atoms with Gasteiger partial charge < -0.3 is 0 Å². The lowest BCUT2D eigenvalue weighted by Gasteiger charge is -2.07. The van der Waals surface area contributed by atoms with Gasteiger partial charge in [0.2, 0.25) is 0 Å². The number of nitrogens with zero attached hydrogens (tertiary/aromatic N) is 1. The first-order valence-electron chi connectivity index (χ1n) is 3.57. The van der Waals surface area contributed by atoms with Gasteiger partial charge in [-0.25, -0.2) is 0 Å². The summed E-state index contributed by atoms with van der Waals surface area (Å²) in [6, 6.07) is 0. The van der Waals surface area contributed by atoms with E-state index < -0.39 is 0 Å². The monoisotopic (exact) mass is 140 g/mol. The third-order valence-corrected chi connectivity index (χ3v) is 1.20. The minimum absolute atomic E-state index is 0.667. The van der Waals surface area contributed by atoms with Crippen LogP contribution in [0.5, 0.6) is 0 Å². The molecular weight excluding hydrogens is 124 g/mol.